The highest BCUT2D eigenvalue weighted by molar-refractivity contribution is 7.89. The van der Waals surface area contributed by atoms with Crippen LogP contribution in [-0.4, -0.2) is 46.1 Å². The molecular weight excluding hydrogens is 346 g/mol. The highest BCUT2D eigenvalue weighted by atomic mass is 32.2. The molecule has 0 aliphatic carbocycles. The Balaban J connectivity index is 1.74. The molecule has 1 fully saturated rings. The fourth-order valence-electron chi connectivity index (χ4n) is 2.60. The van der Waals surface area contributed by atoms with Crippen LogP contribution in [0.3, 0.4) is 0 Å². The maximum Gasteiger partial charge on any atom is 0.274 e. The normalized spacial score (nSPS) is 16.2. The number of morpholine rings is 1. The van der Waals surface area contributed by atoms with Crippen molar-refractivity contribution in [3.8, 4) is 0 Å². The molecule has 0 amide bonds. The molecule has 2 aromatic rings. The maximum atomic E-state index is 12.6. The fraction of sp³-hybridized carbons (Fsp3) is 0.438. The summed E-state index contributed by atoms with van der Waals surface area (Å²) in [6.07, 6.45) is 1.57. The van der Waals surface area contributed by atoms with E-state index >= 15 is 0 Å². The lowest BCUT2D eigenvalue weighted by Crippen LogP contribution is -2.41. The number of hydrogen-bond acceptors (Lipinski definition) is 5. The van der Waals surface area contributed by atoms with E-state index in [1.807, 2.05) is 13.1 Å². The van der Waals surface area contributed by atoms with Crippen LogP contribution >= 0.6 is 11.3 Å². The Morgan fingerprint density at radius 1 is 1.29 bits per heavy atom. The Morgan fingerprint density at radius 2 is 2.04 bits per heavy atom. The molecule has 0 radical (unpaired) electrons. The summed E-state index contributed by atoms with van der Waals surface area (Å²) < 4.78 is 31.9. The van der Waals surface area contributed by atoms with E-state index in [-0.39, 0.29) is 4.90 Å². The van der Waals surface area contributed by atoms with Crippen LogP contribution in [0.25, 0.3) is 0 Å². The van der Waals surface area contributed by atoms with Crippen molar-refractivity contribution >= 4 is 27.2 Å². The number of sulfonamides is 1. The number of nitrogens with zero attached hydrogens (tertiary/aromatic N) is 2. The van der Waals surface area contributed by atoms with Crippen LogP contribution in [0.1, 0.15) is 10.4 Å². The van der Waals surface area contributed by atoms with Crippen molar-refractivity contribution in [2.24, 2.45) is 0 Å². The van der Waals surface area contributed by atoms with Gasteiger partial charge in [-0.05, 0) is 30.0 Å². The standard InChI is InChI=1S/C16H21N3O3S2/c1-13-5-10-23-15(13)12-18(2)16-4-3-14(11-17-16)24(20,21)19-6-8-22-9-7-19/h3-5,10-11H,6-9,12H2,1-2H3/p+1. The molecule has 0 aromatic carbocycles. The van der Waals surface area contributed by atoms with Gasteiger partial charge in [0.15, 0.2) is 0 Å². The van der Waals surface area contributed by atoms with Crippen LogP contribution in [0.2, 0.25) is 0 Å². The molecule has 0 atom stereocenters. The minimum atomic E-state index is -3.46. The summed E-state index contributed by atoms with van der Waals surface area (Å²) in [4.78, 5) is 6.77. The monoisotopic (exact) mass is 368 g/mol. The SMILES string of the molecule is Cc1ccsc1CN(C)c1ccc(S(=O)(=O)N2CCOCC2)c[nH+]1. The lowest BCUT2D eigenvalue weighted by atomic mass is 10.3. The zero-order valence-corrected chi connectivity index (χ0v) is 15.5. The Morgan fingerprint density at radius 3 is 2.62 bits per heavy atom. The summed E-state index contributed by atoms with van der Waals surface area (Å²) in [5.41, 5.74) is 1.28. The minimum Gasteiger partial charge on any atom is -0.379 e. The van der Waals surface area contributed by atoms with Crippen molar-refractivity contribution < 1.29 is 18.1 Å². The summed E-state index contributed by atoms with van der Waals surface area (Å²) in [6.45, 7) is 4.59. The first kappa shape index (κ1) is 17.3. The number of ether oxygens (including phenoxy) is 1. The third-order valence-corrected chi connectivity index (χ3v) is 7.04. The van der Waals surface area contributed by atoms with E-state index in [1.54, 1.807) is 23.6 Å². The molecule has 0 saturated carbocycles. The van der Waals surface area contributed by atoms with Gasteiger partial charge < -0.3 is 4.74 Å². The van der Waals surface area contributed by atoms with E-state index in [0.717, 1.165) is 12.4 Å². The Kier molecular flexibility index (Phi) is 5.19. The Labute approximate surface area is 146 Å². The number of hydrogen-bond donors (Lipinski definition) is 0. The zero-order valence-electron chi connectivity index (χ0n) is 13.9. The highest BCUT2D eigenvalue weighted by Crippen LogP contribution is 2.20. The molecule has 3 heterocycles. The summed E-state index contributed by atoms with van der Waals surface area (Å²) in [5.74, 6) is 0.878. The number of aromatic amines is 1. The van der Waals surface area contributed by atoms with E-state index in [4.69, 9.17) is 4.74 Å². The molecular formula is C16H22N3O3S2+. The van der Waals surface area contributed by atoms with E-state index in [0.29, 0.717) is 26.3 Å². The molecule has 0 unspecified atom stereocenters. The smallest absolute Gasteiger partial charge is 0.274 e. The molecule has 1 N–H and O–H groups in total. The van der Waals surface area contributed by atoms with E-state index < -0.39 is 10.0 Å². The Bertz CT molecular complexity index is 781. The van der Waals surface area contributed by atoms with Crippen LogP contribution in [0.5, 0.6) is 0 Å². The molecule has 1 aliphatic heterocycles. The first-order chi connectivity index (χ1) is 11.5. The van der Waals surface area contributed by atoms with Gasteiger partial charge in [-0.2, -0.15) is 4.31 Å². The molecule has 2 aromatic heterocycles. The molecule has 3 rings (SSSR count). The fourth-order valence-corrected chi connectivity index (χ4v) is 4.94. The van der Waals surface area contributed by atoms with Crippen molar-refractivity contribution in [2.45, 2.75) is 18.4 Å². The third kappa shape index (κ3) is 3.61. The summed E-state index contributed by atoms with van der Waals surface area (Å²) in [5, 5.41) is 2.08. The number of thiophene rings is 1. The van der Waals surface area contributed by atoms with Crippen LogP contribution < -0.4 is 9.88 Å². The molecule has 0 spiro atoms. The van der Waals surface area contributed by atoms with Crippen molar-refractivity contribution in [3.05, 3.63) is 40.2 Å². The number of pyridine rings is 1. The molecule has 8 heteroatoms. The van der Waals surface area contributed by atoms with Crippen molar-refractivity contribution in [3.63, 3.8) is 0 Å². The van der Waals surface area contributed by atoms with Gasteiger partial charge in [0, 0.05) is 24.0 Å². The third-order valence-electron chi connectivity index (χ3n) is 4.14. The van der Waals surface area contributed by atoms with Gasteiger partial charge in [0.1, 0.15) is 17.6 Å². The number of aromatic nitrogens is 1. The summed E-state index contributed by atoms with van der Waals surface area (Å²) in [7, 11) is -1.47. The van der Waals surface area contributed by atoms with Gasteiger partial charge in [0.25, 0.3) is 5.82 Å². The van der Waals surface area contributed by atoms with E-state index in [1.165, 1.54) is 14.7 Å². The number of H-pyrrole nitrogens is 1. The molecule has 1 saturated heterocycles. The molecule has 1 aliphatic rings. The van der Waals surface area contributed by atoms with Crippen LogP contribution in [0, 0.1) is 6.92 Å². The van der Waals surface area contributed by atoms with Gasteiger partial charge in [-0.15, -0.1) is 11.3 Å². The van der Waals surface area contributed by atoms with Crippen LogP contribution in [0.15, 0.2) is 34.7 Å². The molecule has 0 bridgehead atoms. The predicted molar refractivity (Wildman–Crippen MR) is 93.7 cm³/mol. The maximum absolute atomic E-state index is 12.6. The Hall–Kier alpha value is -1.48. The van der Waals surface area contributed by atoms with Crippen molar-refractivity contribution in [2.75, 3.05) is 38.3 Å². The van der Waals surface area contributed by atoms with Gasteiger partial charge in [-0.3, -0.25) is 4.90 Å². The largest absolute Gasteiger partial charge is 0.379 e. The number of aryl methyl sites for hydroxylation is 1. The predicted octanol–water partition coefficient (Wildman–Crippen LogP) is 1.53. The van der Waals surface area contributed by atoms with Gasteiger partial charge in [-0.25, -0.2) is 13.4 Å². The highest BCUT2D eigenvalue weighted by Gasteiger charge is 2.27. The lowest BCUT2D eigenvalue weighted by Gasteiger charge is -2.25. The second kappa shape index (κ2) is 7.18. The van der Waals surface area contributed by atoms with Gasteiger partial charge in [-0.1, -0.05) is 0 Å². The number of rotatable bonds is 5. The van der Waals surface area contributed by atoms with Gasteiger partial charge in [0.2, 0.25) is 10.0 Å². The number of anilines is 1. The summed E-state index contributed by atoms with van der Waals surface area (Å²) in [6, 6.07) is 5.58. The molecule has 24 heavy (non-hydrogen) atoms. The van der Waals surface area contributed by atoms with Crippen molar-refractivity contribution in [1.29, 1.82) is 0 Å². The van der Waals surface area contributed by atoms with Crippen molar-refractivity contribution in [1.82, 2.24) is 4.31 Å². The van der Waals surface area contributed by atoms with Crippen LogP contribution in [0.4, 0.5) is 5.82 Å². The van der Waals surface area contributed by atoms with Gasteiger partial charge >= 0.3 is 0 Å². The first-order valence-corrected chi connectivity index (χ1v) is 10.1. The first-order valence-electron chi connectivity index (χ1n) is 7.82. The lowest BCUT2D eigenvalue weighted by molar-refractivity contribution is -0.367. The average Bonchev–Trinajstić information content (AvgIpc) is 3.00. The second-order valence-corrected chi connectivity index (χ2v) is 8.75. The summed E-state index contributed by atoms with van der Waals surface area (Å²) >= 11 is 1.73. The molecule has 6 nitrogen and oxygen atoms in total. The number of nitrogens with one attached hydrogen (secondary N) is 1. The van der Waals surface area contributed by atoms with E-state index in [2.05, 4.69) is 28.3 Å². The van der Waals surface area contributed by atoms with Crippen LogP contribution in [-0.2, 0) is 21.3 Å². The average molecular weight is 369 g/mol. The molecule has 130 valence electrons. The van der Waals surface area contributed by atoms with Gasteiger partial charge in [0.05, 0.1) is 20.3 Å². The zero-order chi connectivity index (χ0) is 17.2. The topological polar surface area (TPSA) is 64.0 Å². The minimum absolute atomic E-state index is 0.286. The van der Waals surface area contributed by atoms with E-state index in [9.17, 15) is 8.42 Å². The quantitative estimate of drug-likeness (QED) is 0.803. The second-order valence-electron chi connectivity index (χ2n) is 5.81.